The number of nitrogens with one attached hydrogen (secondary N) is 1. The lowest BCUT2D eigenvalue weighted by atomic mass is 9.98. The number of rotatable bonds is 6. The van der Waals surface area contributed by atoms with E-state index in [-0.39, 0.29) is 0 Å². The first-order valence-electron chi connectivity index (χ1n) is 7.98. The Hall–Kier alpha value is -1.28. The average Bonchev–Trinajstić information content (AvgIpc) is 2.46. The van der Waals surface area contributed by atoms with Gasteiger partial charge < -0.3 is 10.2 Å². The summed E-state index contributed by atoms with van der Waals surface area (Å²) in [5, 5.41) is 3.50. The van der Waals surface area contributed by atoms with Gasteiger partial charge in [0.2, 0.25) is 0 Å². The van der Waals surface area contributed by atoms with Crippen molar-refractivity contribution in [2.75, 3.05) is 31.6 Å². The van der Waals surface area contributed by atoms with E-state index in [0.717, 1.165) is 19.5 Å². The molecule has 0 atom stereocenters. The first-order chi connectivity index (χ1) is 9.74. The van der Waals surface area contributed by atoms with Crippen molar-refractivity contribution in [1.82, 2.24) is 5.32 Å². The molecule has 0 spiro atoms. The zero-order chi connectivity index (χ0) is 14.4. The van der Waals surface area contributed by atoms with Crippen LogP contribution in [0.4, 0.5) is 5.69 Å². The van der Waals surface area contributed by atoms with Gasteiger partial charge in [-0.25, -0.2) is 0 Å². The van der Waals surface area contributed by atoms with E-state index in [4.69, 9.17) is 0 Å². The summed E-state index contributed by atoms with van der Waals surface area (Å²) < 4.78 is 0. The Labute approximate surface area is 123 Å². The molecule has 0 aliphatic carbocycles. The van der Waals surface area contributed by atoms with Crippen LogP contribution in [0.2, 0.25) is 0 Å². The number of fused-ring (bicyclic) bond motifs is 1. The van der Waals surface area contributed by atoms with Gasteiger partial charge in [-0.15, -0.1) is 0 Å². The molecule has 0 saturated carbocycles. The standard InChI is InChI=1S/C18H28N2/c1-4-10-19-14-15(5-2)12-16-8-9-18-17(13-16)7-6-11-20(18)3/h8-9,12-13,19H,4-7,10-11,14H2,1-3H3. The monoisotopic (exact) mass is 272 g/mol. The summed E-state index contributed by atoms with van der Waals surface area (Å²) in [6.07, 6.45) is 7.17. The van der Waals surface area contributed by atoms with Crippen LogP contribution in [0, 0.1) is 0 Å². The predicted molar refractivity (Wildman–Crippen MR) is 89.5 cm³/mol. The van der Waals surface area contributed by atoms with Crippen molar-refractivity contribution in [3.63, 3.8) is 0 Å². The number of hydrogen-bond acceptors (Lipinski definition) is 2. The van der Waals surface area contributed by atoms with Crippen LogP contribution < -0.4 is 10.2 Å². The topological polar surface area (TPSA) is 15.3 Å². The second-order valence-corrected chi connectivity index (χ2v) is 5.75. The molecule has 1 aromatic rings. The zero-order valence-electron chi connectivity index (χ0n) is 13.2. The molecule has 0 fully saturated rings. The van der Waals surface area contributed by atoms with E-state index < -0.39 is 0 Å². The molecule has 0 aromatic heterocycles. The Morgan fingerprint density at radius 1 is 1.35 bits per heavy atom. The summed E-state index contributed by atoms with van der Waals surface area (Å²) in [5.41, 5.74) is 5.76. The number of benzene rings is 1. The third-order valence-electron chi connectivity index (χ3n) is 4.06. The molecule has 110 valence electrons. The van der Waals surface area contributed by atoms with Gasteiger partial charge in [-0.2, -0.15) is 0 Å². The molecule has 1 aromatic carbocycles. The van der Waals surface area contributed by atoms with Gasteiger partial charge in [0.15, 0.2) is 0 Å². The summed E-state index contributed by atoms with van der Waals surface area (Å²) in [6.45, 7) is 7.75. The molecule has 20 heavy (non-hydrogen) atoms. The van der Waals surface area contributed by atoms with E-state index in [1.54, 1.807) is 0 Å². The van der Waals surface area contributed by atoms with Crippen molar-refractivity contribution in [2.24, 2.45) is 0 Å². The fourth-order valence-corrected chi connectivity index (χ4v) is 2.83. The third kappa shape index (κ3) is 3.86. The van der Waals surface area contributed by atoms with Gasteiger partial charge >= 0.3 is 0 Å². The van der Waals surface area contributed by atoms with Crippen LogP contribution in [0.3, 0.4) is 0 Å². The van der Waals surface area contributed by atoms with E-state index in [2.05, 4.69) is 55.4 Å². The molecule has 2 rings (SSSR count). The highest BCUT2D eigenvalue weighted by Crippen LogP contribution is 2.27. The number of aryl methyl sites for hydroxylation is 1. The minimum Gasteiger partial charge on any atom is -0.374 e. The molecule has 2 nitrogen and oxygen atoms in total. The van der Waals surface area contributed by atoms with Crippen molar-refractivity contribution in [1.29, 1.82) is 0 Å². The Balaban J connectivity index is 2.11. The van der Waals surface area contributed by atoms with Gasteiger partial charge in [0.25, 0.3) is 0 Å². The SMILES string of the molecule is CCCNCC(=Cc1ccc2c(c1)CCCN2C)CC. The number of anilines is 1. The van der Waals surface area contributed by atoms with Gasteiger partial charge in [-0.05, 0) is 55.5 Å². The zero-order valence-corrected chi connectivity index (χ0v) is 13.2. The summed E-state index contributed by atoms with van der Waals surface area (Å²) in [6, 6.07) is 6.92. The average molecular weight is 272 g/mol. The summed E-state index contributed by atoms with van der Waals surface area (Å²) in [7, 11) is 2.19. The lowest BCUT2D eigenvalue weighted by Crippen LogP contribution is -2.24. The molecular formula is C18H28N2. The van der Waals surface area contributed by atoms with E-state index >= 15 is 0 Å². The molecule has 1 aliphatic heterocycles. The highest BCUT2D eigenvalue weighted by Gasteiger charge is 2.13. The highest BCUT2D eigenvalue weighted by molar-refractivity contribution is 5.63. The van der Waals surface area contributed by atoms with Gasteiger partial charge in [-0.1, -0.05) is 31.6 Å². The van der Waals surface area contributed by atoms with Crippen molar-refractivity contribution in [3.05, 3.63) is 34.9 Å². The second kappa shape index (κ2) is 7.49. The lowest BCUT2D eigenvalue weighted by Gasteiger charge is -2.27. The Kier molecular flexibility index (Phi) is 5.66. The molecule has 0 unspecified atom stereocenters. The van der Waals surface area contributed by atoms with Crippen LogP contribution >= 0.6 is 0 Å². The van der Waals surface area contributed by atoms with Crippen LogP contribution in [-0.2, 0) is 6.42 Å². The molecule has 0 saturated heterocycles. The van der Waals surface area contributed by atoms with Crippen LogP contribution in [0.1, 0.15) is 44.2 Å². The highest BCUT2D eigenvalue weighted by atomic mass is 15.1. The van der Waals surface area contributed by atoms with Crippen LogP contribution in [0.5, 0.6) is 0 Å². The molecule has 1 aliphatic rings. The predicted octanol–water partition coefficient (Wildman–Crippen LogP) is 3.86. The van der Waals surface area contributed by atoms with Gasteiger partial charge in [0, 0.05) is 25.8 Å². The maximum atomic E-state index is 3.50. The summed E-state index contributed by atoms with van der Waals surface area (Å²) in [5.74, 6) is 0. The minimum atomic E-state index is 1.02. The van der Waals surface area contributed by atoms with E-state index in [9.17, 15) is 0 Å². The molecule has 0 amide bonds. The first-order valence-corrected chi connectivity index (χ1v) is 7.98. The van der Waals surface area contributed by atoms with Crippen molar-refractivity contribution in [3.8, 4) is 0 Å². The van der Waals surface area contributed by atoms with E-state index in [0.29, 0.717) is 0 Å². The molecule has 1 heterocycles. The van der Waals surface area contributed by atoms with Crippen LogP contribution in [-0.4, -0.2) is 26.7 Å². The van der Waals surface area contributed by atoms with Crippen molar-refractivity contribution < 1.29 is 0 Å². The molecule has 1 N–H and O–H groups in total. The molecular weight excluding hydrogens is 244 g/mol. The molecule has 0 radical (unpaired) electrons. The normalized spacial score (nSPS) is 15.3. The maximum Gasteiger partial charge on any atom is 0.0396 e. The largest absolute Gasteiger partial charge is 0.374 e. The fourth-order valence-electron chi connectivity index (χ4n) is 2.83. The fraction of sp³-hybridized carbons (Fsp3) is 0.556. The van der Waals surface area contributed by atoms with Gasteiger partial charge in [0.05, 0.1) is 0 Å². The molecule has 0 bridgehead atoms. The number of hydrogen-bond donors (Lipinski definition) is 1. The second-order valence-electron chi connectivity index (χ2n) is 5.75. The quantitative estimate of drug-likeness (QED) is 0.791. The van der Waals surface area contributed by atoms with Crippen LogP contribution in [0.25, 0.3) is 6.08 Å². The van der Waals surface area contributed by atoms with Crippen molar-refractivity contribution in [2.45, 2.75) is 39.5 Å². The Morgan fingerprint density at radius 3 is 2.95 bits per heavy atom. The van der Waals surface area contributed by atoms with Gasteiger partial charge in [-0.3, -0.25) is 0 Å². The smallest absolute Gasteiger partial charge is 0.0396 e. The van der Waals surface area contributed by atoms with Crippen molar-refractivity contribution >= 4 is 11.8 Å². The minimum absolute atomic E-state index is 1.02. The van der Waals surface area contributed by atoms with Gasteiger partial charge in [0.1, 0.15) is 0 Å². The van der Waals surface area contributed by atoms with E-state index in [1.807, 2.05) is 0 Å². The maximum absolute atomic E-state index is 3.50. The Morgan fingerprint density at radius 2 is 2.20 bits per heavy atom. The third-order valence-corrected chi connectivity index (χ3v) is 4.06. The lowest BCUT2D eigenvalue weighted by molar-refractivity contribution is 0.705. The first kappa shape index (κ1) is 15.1. The van der Waals surface area contributed by atoms with Crippen LogP contribution in [0.15, 0.2) is 23.8 Å². The summed E-state index contributed by atoms with van der Waals surface area (Å²) >= 11 is 0. The summed E-state index contributed by atoms with van der Waals surface area (Å²) in [4.78, 5) is 2.37. The van der Waals surface area contributed by atoms with E-state index in [1.165, 1.54) is 48.2 Å². The molecule has 2 heteroatoms. The number of nitrogens with zero attached hydrogens (tertiary/aromatic N) is 1. The Bertz CT molecular complexity index is 462.